The van der Waals surface area contributed by atoms with Gasteiger partial charge in [-0.2, -0.15) is 0 Å². The van der Waals surface area contributed by atoms with Crippen LogP contribution in [-0.2, 0) is 15.9 Å². The van der Waals surface area contributed by atoms with Crippen LogP contribution in [0.2, 0.25) is 5.02 Å². The second-order valence-electron chi connectivity index (χ2n) is 6.66. The molecule has 1 unspecified atom stereocenters. The van der Waals surface area contributed by atoms with Crippen LogP contribution in [0.3, 0.4) is 0 Å². The molecule has 2 heterocycles. The molecule has 1 aromatic rings. The molecule has 0 aliphatic carbocycles. The maximum Gasteiger partial charge on any atom is 0.0851 e. The normalized spacial score (nSPS) is 32.8. The van der Waals surface area contributed by atoms with E-state index in [0.717, 1.165) is 44.1 Å². The number of nitrogens with one attached hydrogen (secondary N) is 1. The number of piperidine rings is 1. The molecule has 2 aliphatic rings. The summed E-state index contributed by atoms with van der Waals surface area (Å²) in [5, 5.41) is 4.23. The van der Waals surface area contributed by atoms with Gasteiger partial charge in [-0.05, 0) is 44.0 Å². The minimum atomic E-state index is 0.252. The first-order valence-corrected chi connectivity index (χ1v) is 8.90. The van der Waals surface area contributed by atoms with Crippen LogP contribution in [0.25, 0.3) is 0 Å². The topological polar surface area (TPSA) is 33.7 Å². The van der Waals surface area contributed by atoms with Gasteiger partial charge in [0.2, 0.25) is 0 Å². The number of rotatable bonds is 4. The van der Waals surface area contributed by atoms with Gasteiger partial charge >= 0.3 is 0 Å². The van der Waals surface area contributed by atoms with Crippen molar-refractivity contribution < 1.29 is 9.47 Å². The van der Waals surface area contributed by atoms with Crippen molar-refractivity contribution in [2.45, 2.75) is 44.1 Å². The zero-order valence-electron chi connectivity index (χ0n) is 14.0. The average Bonchev–Trinajstić information content (AvgIpc) is 2.58. The van der Waals surface area contributed by atoms with Gasteiger partial charge in [0.25, 0.3) is 0 Å². The molecule has 0 aromatic heterocycles. The molecule has 0 saturated carbocycles. The third-order valence-electron chi connectivity index (χ3n) is 5.01. The molecule has 0 radical (unpaired) electrons. The van der Waals surface area contributed by atoms with Crippen LogP contribution in [-0.4, -0.2) is 62.5 Å². The Morgan fingerprint density at radius 1 is 1.35 bits per heavy atom. The van der Waals surface area contributed by atoms with E-state index in [9.17, 15) is 0 Å². The van der Waals surface area contributed by atoms with Gasteiger partial charge in [0.15, 0.2) is 0 Å². The fraction of sp³-hybridized carbons (Fsp3) is 0.667. The summed E-state index contributed by atoms with van der Waals surface area (Å²) in [5.41, 5.74) is 1.31. The number of hydrogen-bond donors (Lipinski definition) is 1. The molecule has 1 N–H and O–H groups in total. The highest BCUT2D eigenvalue weighted by Gasteiger charge is 2.37. The Bertz CT molecular complexity index is 496. The van der Waals surface area contributed by atoms with E-state index >= 15 is 0 Å². The first-order chi connectivity index (χ1) is 11.2. The third kappa shape index (κ3) is 4.25. The number of halogens is 1. The second kappa shape index (κ2) is 7.95. The van der Waals surface area contributed by atoms with Crippen molar-refractivity contribution in [2.75, 3.05) is 33.4 Å². The number of methoxy groups -OCH3 is 1. The fourth-order valence-electron chi connectivity index (χ4n) is 3.78. The Morgan fingerprint density at radius 3 is 2.87 bits per heavy atom. The van der Waals surface area contributed by atoms with Gasteiger partial charge in [0.05, 0.1) is 18.8 Å². The van der Waals surface area contributed by atoms with Crippen molar-refractivity contribution in [3.63, 3.8) is 0 Å². The van der Waals surface area contributed by atoms with Crippen LogP contribution in [0.4, 0.5) is 0 Å². The maximum atomic E-state index is 6.00. The Balaban J connectivity index is 1.74. The second-order valence-corrected chi connectivity index (χ2v) is 7.10. The molecule has 0 bridgehead atoms. The summed E-state index contributed by atoms with van der Waals surface area (Å²) >= 11 is 6.00. The largest absolute Gasteiger partial charge is 0.378 e. The number of benzene rings is 1. The van der Waals surface area contributed by atoms with Crippen LogP contribution >= 0.6 is 11.6 Å². The SMILES string of the molecule is CO[C@H]1CNCCC1N1C[C@H](C)OC[C@@H]1Cc1ccc(Cl)cc1. The van der Waals surface area contributed by atoms with Crippen LogP contribution in [0, 0.1) is 0 Å². The summed E-state index contributed by atoms with van der Waals surface area (Å²) < 4.78 is 11.7. The van der Waals surface area contributed by atoms with Crippen molar-refractivity contribution in [3.8, 4) is 0 Å². The first kappa shape index (κ1) is 17.2. The molecular formula is C18H27ClN2O2. The van der Waals surface area contributed by atoms with Gasteiger partial charge in [-0.25, -0.2) is 0 Å². The van der Waals surface area contributed by atoms with E-state index in [1.54, 1.807) is 0 Å². The summed E-state index contributed by atoms with van der Waals surface area (Å²) in [4.78, 5) is 2.62. The Labute approximate surface area is 144 Å². The molecule has 4 atom stereocenters. The summed E-state index contributed by atoms with van der Waals surface area (Å²) in [5.74, 6) is 0. The van der Waals surface area contributed by atoms with E-state index in [1.165, 1.54) is 5.56 Å². The van der Waals surface area contributed by atoms with E-state index in [-0.39, 0.29) is 12.2 Å². The lowest BCUT2D eigenvalue weighted by Gasteiger charge is -2.47. The predicted molar refractivity (Wildman–Crippen MR) is 93.1 cm³/mol. The molecule has 128 valence electrons. The highest BCUT2D eigenvalue weighted by atomic mass is 35.5. The van der Waals surface area contributed by atoms with Crippen LogP contribution in [0.1, 0.15) is 18.9 Å². The van der Waals surface area contributed by atoms with Crippen molar-refractivity contribution in [1.82, 2.24) is 10.2 Å². The third-order valence-corrected chi connectivity index (χ3v) is 5.27. The van der Waals surface area contributed by atoms with Crippen molar-refractivity contribution in [1.29, 1.82) is 0 Å². The fourth-order valence-corrected chi connectivity index (χ4v) is 3.91. The standard InChI is InChI=1S/C18H27ClN2O2/c1-13-11-21(17-7-8-20-10-18(17)22-2)16(12-23-13)9-14-3-5-15(19)6-4-14/h3-6,13,16-18,20H,7-12H2,1-2H3/t13-,16-,17?,18-/m0/s1. The van der Waals surface area contributed by atoms with E-state index in [2.05, 4.69) is 29.3 Å². The maximum absolute atomic E-state index is 6.00. The summed E-state index contributed by atoms with van der Waals surface area (Å²) in [6.07, 6.45) is 2.65. The smallest absolute Gasteiger partial charge is 0.0851 e. The zero-order valence-corrected chi connectivity index (χ0v) is 14.8. The zero-order chi connectivity index (χ0) is 16.2. The summed E-state index contributed by atoms with van der Waals surface area (Å²) in [6.45, 7) is 5.91. The van der Waals surface area contributed by atoms with E-state index in [1.807, 2.05) is 19.2 Å². The molecule has 2 aliphatic heterocycles. The van der Waals surface area contributed by atoms with Crippen LogP contribution in [0.5, 0.6) is 0 Å². The molecule has 1 aromatic carbocycles. The lowest BCUT2D eigenvalue weighted by Crippen LogP contribution is -2.61. The lowest BCUT2D eigenvalue weighted by molar-refractivity contribution is -0.103. The Hall–Kier alpha value is -0.650. The van der Waals surface area contributed by atoms with Gasteiger partial charge < -0.3 is 14.8 Å². The highest BCUT2D eigenvalue weighted by molar-refractivity contribution is 6.30. The number of ether oxygens (including phenoxy) is 2. The average molecular weight is 339 g/mol. The molecule has 3 rings (SSSR count). The summed E-state index contributed by atoms with van der Waals surface area (Å²) in [6, 6.07) is 9.04. The van der Waals surface area contributed by atoms with E-state index in [4.69, 9.17) is 21.1 Å². The minimum Gasteiger partial charge on any atom is -0.378 e. The number of hydrogen-bond acceptors (Lipinski definition) is 4. The lowest BCUT2D eigenvalue weighted by atomic mass is 9.95. The van der Waals surface area contributed by atoms with Crippen LogP contribution < -0.4 is 5.32 Å². The molecule has 23 heavy (non-hydrogen) atoms. The van der Waals surface area contributed by atoms with Crippen molar-refractivity contribution in [3.05, 3.63) is 34.9 Å². The van der Waals surface area contributed by atoms with Crippen molar-refractivity contribution in [2.24, 2.45) is 0 Å². The Morgan fingerprint density at radius 2 is 2.13 bits per heavy atom. The molecular weight excluding hydrogens is 312 g/mol. The van der Waals surface area contributed by atoms with Gasteiger partial charge in [-0.15, -0.1) is 0 Å². The summed E-state index contributed by atoms with van der Waals surface area (Å²) in [7, 11) is 1.82. The van der Waals surface area contributed by atoms with Gasteiger partial charge in [0.1, 0.15) is 0 Å². The van der Waals surface area contributed by atoms with Gasteiger partial charge in [-0.1, -0.05) is 23.7 Å². The number of nitrogens with zero attached hydrogens (tertiary/aromatic N) is 1. The highest BCUT2D eigenvalue weighted by Crippen LogP contribution is 2.24. The van der Waals surface area contributed by atoms with E-state index in [0.29, 0.717) is 12.1 Å². The van der Waals surface area contributed by atoms with Gasteiger partial charge in [0, 0.05) is 37.3 Å². The molecule has 0 amide bonds. The molecule has 5 heteroatoms. The van der Waals surface area contributed by atoms with E-state index < -0.39 is 0 Å². The number of morpholine rings is 1. The van der Waals surface area contributed by atoms with Crippen molar-refractivity contribution >= 4 is 11.6 Å². The molecule has 4 nitrogen and oxygen atoms in total. The van der Waals surface area contributed by atoms with Crippen LogP contribution in [0.15, 0.2) is 24.3 Å². The van der Waals surface area contributed by atoms with Gasteiger partial charge in [-0.3, -0.25) is 4.90 Å². The molecule has 2 saturated heterocycles. The molecule has 0 spiro atoms. The quantitative estimate of drug-likeness (QED) is 0.913. The molecule has 2 fully saturated rings. The Kier molecular flexibility index (Phi) is 5.94. The monoisotopic (exact) mass is 338 g/mol. The predicted octanol–water partition coefficient (Wildman–Crippen LogP) is 2.35. The minimum absolute atomic E-state index is 0.252. The first-order valence-electron chi connectivity index (χ1n) is 8.52.